The topological polar surface area (TPSA) is 114 Å². The van der Waals surface area contributed by atoms with Crippen molar-refractivity contribution in [2.24, 2.45) is 11.8 Å². The van der Waals surface area contributed by atoms with Gasteiger partial charge in [-0.15, -0.1) is 11.6 Å². The van der Waals surface area contributed by atoms with E-state index in [2.05, 4.69) is 16.0 Å². The maximum absolute atomic E-state index is 13.6. The Bertz CT molecular complexity index is 1060. The van der Waals surface area contributed by atoms with E-state index < -0.39 is 24.1 Å². The number of alkyl halides is 1. The van der Waals surface area contributed by atoms with Gasteiger partial charge in [0.2, 0.25) is 11.8 Å². The predicted octanol–water partition coefficient (Wildman–Crippen LogP) is 5.43. The molecule has 1 saturated heterocycles. The van der Waals surface area contributed by atoms with Crippen molar-refractivity contribution < 1.29 is 23.9 Å². The largest absolute Gasteiger partial charge is 0.445 e. The average molecular weight is 595 g/mol. The molecule has 40 heavy (non-hydrogen) atoms. The highest BCUT2D eigenvalue weighted by Gasteiger charge is 2.45. The van der Waals surface area contributed by atoms with E-state index in [1.807, 2.05) is 0 Å². The Kier molecular flexibility index (Phi) is 11.1. The van der Waals surface area contributed by atoms with Gasteiger partial charge in [-0.3, -0.25) is 14.4 Å². The maximum atomic E-state index is 13.6. The molecule has 3 aliphatic rings. The molecule has 1 heterocycles. The highest BCUT2D eigenvalue weighted by Crippen LogP contribution is 2.39. The van der Waals surface area contributed by atoms with Crippen molar-refractivity contribution in [3.8, 4) is 0 Å². The van der Waals surface area contributed by atoms with Crippen LogP contribution in [0.2, 0.25) is 5.02 Å². The molecule has 1 aromatic carbocycles. The van der Waals surface area contributed by atoms with Gasteiger partial charge in [0.25, 0.3) is 0 Å². The third-order valence-electron chi connectivity index (χ3n) is 8.73. The Balaban J connectivity index is 1.40. The van der Waals surface area contributed by atoms with Crippen molar-refractivity contribution in [1.82, 2.24) is 16.0 Å². The van der Waals surface area contributed by atoms with Crippen LogP contribution in [-0.4, -0.2) is 47.2 Å². The van der Waals surface area contributed by atoms with Crippen molar-refractivity contribution in [2.75, 3.05) is 5.88 Å². The minimum absolute atomic E-state index is 0.00998. The lowest BCUT2D eigenvalue weighted by atomic mass is 9.78. The normalized spacial score (nSPS) is 22.2. The molecule has 0 radical (unpaired) electrons. The number of ether oxygens (including phenoxy) is 1. The summed E-state index contributed by atoms with van der Waals surface area (Å²) in [6.45, 7) is 0.00998. The molecule has 10 heteroatoms. The lowest BCUT2D eigenvalue weighted by Crippen LogP contribution is -2.53. The Morgan fingerprint density at radius 2 is 1.73 bits per heavy atom. The molecule has 2 saturated carbocycles. The molecule has 1 unspecified atom stereocenters. The van der Waals surface area contributed by atoms with E-state index in [1.165, 1.54) is 12.8 Å². The second kappa shape index (κ2) is 14.5. The smallest absolute Gasteiger partial charge is 0.408 e. The van der Waals surface area contributed by atoms with Gasteiger partial charge in [0.05, 0.1) is 11.9 Å². The van der Waals surface area contributed by atoms with Gasteiger partial charge in [0.15, 0.2) is 5.78 Å². The number of Topliss-reactive ketones (excluding diaryl/α,β-unsaturated/α-hetero) is 1. The van der Waals surface area contributed by atoms with Crippen LogP contribution >= 0.6 is 23.2 Å². The molecule has 220 valence electrons. The second-order valence-corrected chi connectivity index (χ2v) is 12.5. The average Bonchev–Trinajstić information content (AvgIpc) is 3.24. The van der Waals surface area contributed by atoms with Crippen molar-refractivity contribution in [3.05, 3.63) is 34.9 Å². The van der Waals surface area contributed by atoms with Gasteiger partial charge in [0.1, 0.15) is 12.6 Å². The lowest BCUT2D eigenvalue weighted by Gasteiger charge is -2.33. The van der Waals surface area contributed by atoms with Gasteiger partial charge < -0.3 is 20.7 Å². The van der Waals surface area contributed by atoms with Gasteiger partial charge in [-0.1, -0.05) is 75.1 Å². The Labute approximate surface area is 246 Å². The molecule has 1 aromatic rings. The second-order valence-electron chi connectivity index (χ2n) is 11.8. The summed E-state index contributed by atoms with van der Waals surface area (Å²) < 4.78 is 5.38. The number of alkyl carbamates (subject to hydrolysis) is 1. The summed E-state index contributed by atoms with van der Waals surface area (Å²) in [4.78, 5) is 52.0. The number of rotatable bonds is 11. The van der Waals surface area contributed by atoms with E-state index in [9.17, 15) is 19.2 Å². The standard InChI is InChI=1S/C30H41Cl2N3O5/c31-18-26(36)24(16-22-17-30(35-27(22)37)12-5-2-6-13-30)33-28(38)25(15-20-8-3-1-4-9-20)34-29(39)40-19-21-10-7-11-23(32)14-21/h7,10-11,14,20,22,24-25H,1-6,8-9,12-13,15-19H2,(H,33,38)(H,34,39)(H,35,37)/t22?,24-,25-/m0/s1. The van der Waals surface area contributed by atoms with Crippen LogP contribution in [0.15, 0.2) is 24.3 Å². The molecule has 3 fully saturated rings. The molecular weight excluding hydrogens is 553 g/mol. The number of hydrogen-bond donors (Lipinski definition) is 3. The Morgan fingerprint density at radius 1 is 1.00 bits per heavy atom. The fourth-order valence-electron chi connectivity index (χ4n) is 6.59. The first kappa shape index (κ1) is 30.6. The molecular formula is C30H41Cl2N3O5. The number of carbonyl (C=O) groups excluding carboxylic acids is 4. The number of carbonyl (C=O) groups is 4. The van der Waals surface area contributed by atoms with E-state index >= 15 is 0 Å². The van der Waals surface area contributed by atoms with Gasteiger partial charge in [-0.25, -0.2) is 4.79 Å². The third-order valence-corrected chi connectivity index (χ3v) is 9.22. The summed E-state index contributed by atoms with van der Waals surface area (Å²) in [5, 5.41) is 9.30. The highest BCUT2D eigenvalue weighted by atomic mass is 35.5. The molecule has 4 rings (SSSR count). The van der Waals surface area contributed by atoms with Crippen LogP contribution in [0.4, 0.5) is 4.79 Å². The fourth-order valence-corrected chi connectivity index (χ4v) is 6.99. The van der Waals surface area contributed by atoms with Crippen molar-refractivity contribution in [1.29, 1.82) is 0 Å². The summed E-state index contributed by atoms with van der Waals surface area (Å²) in [7, 11) is 0. The van der Waals surface area contributed by atoms with E-state index in [0.717, 1.165) is 56.9 Å². The molecule has 2 aliphatic carbocycles. The summed E-state index contributed by atoms with van der Waals surface area (Å²) in [5.41, 5.74) is 0.533. The van der Waals surface area contributed by atoms with Crippen LogP contribution in [0.3, 0.4) is 0 Å². The minimum atomic E-state index is -0.905. The minimum Gasteiger partial charge on any atom is -0.445 e. The first-order valence-corrected chi connectivity index (χ1v) is 15.6. The SMILES string of the molecule is O=C(N[C@@H](CC1CCCCC1)C(=O)N[C@@H](CC1CC2(CCCCC2)NC1=O)C(=O)CCl)OCc1cccc(Cl)c1. The third kappa shape index (κ3) is 8.59. The number of nitrogens with one attached hydrogen (secondary N) is 3. The van der Waals surface area contributed by atoms with Gasteiger partial charge >= 0.3 is 6.09 Å². The van der Waals surface area contributed by atoms with E-state index in [0.29, 0.717) is 17.9 Å². The molecule has 3 N–H and O–H groups in total. The van der Waals surface area contributed by atoms with Crippen LogP contribution in [0.5, 0.6) is 0 Å². The molecule has 8 nitrogen and oxygen atoms in total. The maximum Gasteiger partial charge on any atom is 0.408 e. The monoisotopic (exact) mass is 593 g/mol. The van der Waals surface area contributed by atoms with Gasteiger partial charge in [-0.2, -0.15) is 0 Å². The van der Waals surface area contributed by atoms with Crippen molar-refractivity contribution in [3.63, 3.8) is 0 Å². The zero-order valence-electron chi connectivity index (χ0n) is 23.0. The number of halogens is 2. The molecule has 0 bridgehead atoms. The van der Waals surface area contributed by atoms with Crippen molar-refractivity contribution >= 4 is 46.9 Å². The summed E-state index contributed by atoms with van der Waals surface area (Å²) >= 11 is 11.9. The molecule has 3 atom stereocenters. The van der Waals surface area contributed by atoms with Crippen LogP contribution in [0, 0.1) is 11.8 Å². The van der Waals surface area contributed by atoms with Crippen LogP contribution < -0.4 is 16.0 Å². The van der Waals surface area contributed by atoms with Gasteiger partial charge in [0, 0.05) is 16.5 Å². The first-order valence-electron chi connectivity index (χ1n) is 14.7. The zero-order valence-corrected chi connectivity index (χ0v) is 24.5. The number of hydrogen-bond acceptors (Lipinski definition) is 5. The van der Waals surface area contributed by atoms with Crippen LogP contribution in [-0.2, 0) is 25.7 Å². The fraction of sp³-hybridized carbons (Fsp3) is 0.667. The predicted molar refractivity (Wildman–Crippen MR) is 154 cm³/mol. The van der Waals surface area contributed by atoms with Gasteiger partial charge in [-0.05, 0) is 55.7 Å². The summed E-state index contributed by atoms with van der Waals surface area (Å²) in [6.07, 6.45) is 11.1. The number of benzene rings is 1. The summed E-state index contributed by atoms with van der Waals surface area (Å²) in [5.74, 6) is -1.22. The molecule has 0 aromatic heterocycles. The molecule has 1 aliphatic heterocycles. The molecule has 1 spiro atoms. The molecule has 3 amide bonds. The van der Waals surface area contributed by atoms with E-state index in [-0.39, 0.29) is 48.0 Å². The van der Waals surface area contributed by atoms with E-state index in [4.69, 9.17) is 27.9 Å². The van der Waals surface area contributed by atoms with Crippen molar-refractivity contribution in [2.45, 2.75) is 108 Å². The lowest BCUT2D eigenvalue weighted by molar-refractivity contribution is -0.129. The Morgan fingerprint density at radius 3 is 2.42 bits per heavy atom. The highest BCUT2D eigenvalue weighted by molar-refractivity contribution is 6.30. The first-order chi connectivity index (χ1) is 19.3. The number of ketones is 1. The summed E-state index contributed by atoms with van der Waals surface area (Å²) in [6, 6.07) is 5.23. The zero-order chi connectivity index (χ0) is 28.5. The van der Waals surface area contributed by atoms with Crippen LogP contribution in [0.25, 0.3) is 0 Å². The number of amides is 3. The quantitative estimate of drug-likeness (QED) is 0.296. The van der Waals surface area contributed by atoms with Crippen LogP contribution in [0.1, 0.15) is 89.0 Å². The Hall–Kier alpha value is -2.32. The van der Waals surface area contributed by atoms with E-state index in [1.54, 1.807) is 24.3 Å².